The molecule has 0 radical (unpaired) electrons. The van der Waals surface area contributed by atoms with Crippen LogP contribution in [0.15, 0.2) is 35.0 Å². The van der Waals surface area contributed by atoms with E-state index in [-0.39, 0.29) is 0 Å². The van der Waals surface area contributed by atoms with Gasteiger partial charge in [-0.05, 0) is 71.8 Å². The van der Waals surface area contributed by atoms with Crippen LogP contribution in [0, 0.1) is 0 Å². The third kappa shape index (κ3) is 13.9. The number of fused-ring (bicyclic) bond motifs is 1. The molecule has 0 saturated heterocycles. The maximum Gasteiger partial charge on any atom is 0.0482 e. The fourth-order valence-corrected chi connectivity index (χ4v) is 11.3. The summed E-state index contributed by atoms with van der Waals surface area (Å²) in [6, 6.07) is 9.83. The van der Waals surface area contributed by atoms with Gasteiger partial charge in [-0.2, -0.15) is 0 Å². The Morgan fingerprint density at radius 3 is 1.50 bits per heavy atom. The number of thiophene rings is 4. The van der Waals surface area contributed by atoms with Crippen molar-refractivity contribution in [3.63, 3.8) is 0 Å². The average molecular weight is 697 g/mol. The summed E-state index contributed by atoms with van der Waals surface area (Å²) in [6.07, 6.45) is 36.6. The summed E-state index contributed by atoms with van der Waals surface area (Å²) < 4.78 is 2.90. The summed E-state index contributed by atoms with van der Waals surface area (Å²) in [6.45, 7) is 4.61. The second kappa shape index (κ2) is 23.4. The van der Waals surface area contributed by atoms with Crippen LogP contribution in [0.2, 0.25) is 0 Å². The number of aryl methyl sites for hydroxylation is 2. The molecule has 4 heteroatoms. The van der Waals surface area contributed by atoms with Crippen molar-refractivity contribution in [2.24, 2.45) is 0 Å². The zero-order valence-electron chi connectivity index (χ0n) is 29.5. The quantitative estimate of drug-likeness (QED) is 0.0519. The van der Waals surface area contributed by atoms with Gasteiger partial charge < -0.3 is 0 Å². The van der Waals surface area contributed by atoms with Crippen molar-refractivity contribution in [3.8, 4) is 19.5 Å². The minimum absolute atomic E-state index is 1.23. The van der Waals surface area contributed by atoms with Crippen LogP contribution in [0.1, 0.15) is 179 Å². The number of hydrogen-bond donors (Lipinski definition) is 0. The highest BCUT2D eigenvalue weighted by Crippen LogP contribution is 2.45. The van der Waals surface area contributed by atoms with E-state index in [9.17, 15) is 0 Å². The molecule has 0 aliphatic heterocycles. The Bertz CT molecular complexity index is 1270. The molecule has 0 amide bonds. The molecule has 0 aliphatic rings. The van der Waals surface area contributed by atoms with Crippen molar-refractivity contribution >= 4 is 54.7 Å². The van der Waals surface area contributed by atoms with Crippen molar-refractivity contribution < 1.29 is 0 Å². The van der Waals surface area contributed by atoms with Gasteiger partial charge in [0.25, 0.3) is 0 Å². The second-order valence-corrected chi connectivity index (χ2v) is 17.8. The minimum Gasteiger partial charge on any atom is -0.143 e. The molecular formula is C42H64S4. The molecule has 0 atom stereocenters. The average Bonchev–Trinajstić information content (AvgIpc) is 3.86. The summed E-state index contributed by atoms with van der Waals surface area (Å²) in [4.78, 5) is 6.01. The van der Waals surface area contributed by atoms with Gasteiger partial charge in [0.05, 0.1) is 0 Å². The molecule has 4 rings (SSSR count). The van der Waals surface area contributed by atoms with Crippen LogP contribution >= 0.6 is 45.3 Å². The Morgan fingerprint density at radius 1 is 0.435 bits per heavy atom. The molecule has 0 nitrogen and oxygen atoms in total. The van der Waals surface area contributed by atoms with Crippen molar-refractivity contribution in [1.82, 2.24) is 0 Å². The first-order valence-electron chi connectivity index (χ1n) is 19.5. The Labute approximate surface area is 299 Å². The third-order valence-corrected chi connectivity index (χ3v) is 14.3. The van der Waals surface area contributed by atoms with E-state index < -0.39 is 0 Å². The lowest BCUT2D eigenvalue weighted by atomic mass is 10.0. The Hall–Kier alpha value is -0.940. The summed E-state index contributed by atoms with van der Waals surface area (Å²) >= 11 is 7.91. The maximum atomic E-state index is 2.56. The van der Waals surface area contributed by atoms with Gasteiger partial charge in [-0.25, -0.2) is 0 Å². The zero-order chi connectivity index (χ0) is 32.1. The lowest BCUT2D eigenvalue weighted by molar-refractivity contribution is 0.544. The van der Waals surface area contributed by atoms with Gasteiger partial charge in [0.2, 0.25) is 0 Å². The molecule has 4 heterocycles. The van der Waals surface area contributed by atoms with Gasteiger partial charge in [0, 0.05) is 28.9 Å². The van der Waals surface area contributed by atoms with E-state index in [0.29, 0.717) is 0 Å². The van der Waals surface area contributed by atoms with E-state index in [0.717, 1.165) is 0 Å². The van der Waals surface area contributed by atoms with Gasteiger partial charge in [0.1, 0.15) is 0 Å². The third-order valence-electron chi connectivity index (χ3n) is 9.69. The smallest absolute Gasteiger partial charge is 0.0482 e. The fourth-order valence-electron chi connectivity index (χ4n) is 6.78. The van der Waals surface area contributed by atoms with Gasteiger partial charge in [-0.1, -0.05) is 155 Å². The van der Waals surface area contributed by atoms with Crippen molar-refractivity contribution in [2.45, 2.75) is 181 Å². The van der Waals surface area contributed by atoms with Crippen molar-refractivity contribution in [1.29, 1.82) is 0 Å². The fraction of sp³-hybridized carbons (Fsp3) is 0.667. The predicted molar refractivity (Wildman–Crippen MR) is 216 cm³/mol. The summed E-state index contributed by atoms with van der Waals surface area (Å²) in [5.74, 6) is 0. The van der Waals surface area contributed by atoms with E-state index in [1.165, 1.54) is 191 Å². The van der Waals surface area contributed by atoms with Gasteiger partial charge in [0.15, 0.2) is 0 Å². The van der Waals surface area contributed by atoms with Gasteiger partial charge >= 0.3 is 0 Å². The molecular weight excluding hydrogens is 633 g/mol. The van der Waals surface area contributed by atoms with Crippen LogP contribution in [-0.4, -0.2) is 0 Å². The molecule has 4 aromatic rings. The topological polar surface area (TPSA) is 0 Å². The molecule has 0 saturated carbocycles. The summed E-state index contributed by atoms with van der Waals surface area (Å²) in [5.41, 5.74) is 3.15. The Morgan fingerprint density at radius 2 is 0.957 bits per heavy atom. The Balaban J connectivity index is 1.18. The first-order chi connectivity index (χ1) is 22.8. The van der Waals surface area contributed by atoms with Crippen LogP contribution in [0.25, 0.3) is 28.9 Å². The molecule has 0 unspecified atom stereocenters. The molecule has 0 spiro atoms. The molecule has 0 fully saturated rings. The van der Waals surface area contributed by atoms with Gasteiger partial charge in [-0.3, -0.25) is 0 Å². The highest BCUT2D eigenvalue weighted by Gasteiger charge is 2.16. The summed E-state index contributed by atoms with van der Waals surface area (Å²) in [5, 5.41) is 4.68. The van der Waals surface area contributed by atoms with Crippen molar-refractivity contribution in [2.75, 3.05) is 0 Å². The molecule has 0 N–H and O–H groups in total. The second-order valence-electron chi connectivity index (χ2n) is 13.8. The standard InChI is InChI=1S/C42H64S4/c1-3-5-7-9-11-13-15-17-19-21-23-25-27-35-31-38(44-34-35)40-32-36(42(46-40)41-33-39-37(45-41)29-30-43-39)28-26-24-22-20-18-16-14-12-10-8-6-4-2/h29-34H,3-28H2,1-2H3. The molecule has 4 aromatic heterocycles. The monoisotopic (exact) mass is 696 g/mol. The SMILES string of the molecule is CCCCCCCCCCCCCCc1csc(-c2cc(CCCCCCCCCCCCCC)c(-c3cc4sccc4s3)s2)c1. The number of hydrogen-bond acceptors (Lipinski definition) is 4. The van der Waals surface area contributed by atoms with Crippen LogP contribution in [0.3, 0.4) is 0 Å². The summed E-state index contributed by atoms with van der Waals surface area (Å²) in [7, 11) is 0. The highest BCUT2D eigenvalue weighted by molar-refractivity contribution is 7.31. The molecule has 0 aromatic carbocycles. The molecule has 0 aliphatic carbocycles. The predicted octanol–water partition coefficient (Wildman–Crippen LogP) is 16.9. The van der Waals surface area contributed by atoms with E-state index in [1.807, 2.05) is 34.0 Å². The first kappa shape index (κ1) is 37.9. The van der Waals surface area contributed by atoms with Crippen LogP contribution in [-0.2, 0) is 12.8 Å². The van der Waals surface area contributed by atoms with E-state index in [2.05, 4.69) is 60.2 Å². The lowest BCUT2D eigenvalue weighted by Gasteiger charge is -2.04. The highest BCUT2D eigenvalue weighted by atomic mass is 32.1. The normalized spacial score (nSPS) is 11.8. The van der Waals surface area contributed by atoms with E-state index in [1.54, 1.807) is 16.0 Å². The van der Waals surface area contributed by atoms with Crippen LogP contribution < -0.4 is 0 Å². The van der Waals surface area contributed by atoms with E-state index >= 15 is 0 Å². The zero-order valence-corrected chi connectivity index (χ0v) is 32.7. The Kier molecular flexibility index (Phi) is 19.3. The first-order valence-corrected chi connectivity index (χ1v) is 22.9. The number of rotatable bonds is 28. The van der Waals surface area contributed by atoms with Gasteiger partial charge in [-0.15, -0.1) is 45.3 Å². The molecule has 0 bridgehead atoms. The maximum absolute atomic E-state index is 2.56. The van der Waals surface area contributed by atoms with E-state index in [4.69, 9.17) is 0 Å². The molecule has 46 heavy (non-hydrogen) atoms. The molecule has 256 valence electrons. The number of unbranched alkanes of at least 4 members (excludes halogenated alkanes) is 22. The van der Waals surface area contributed by atoms with Crippen LogP contribution in [0.5, 0.6) is 0 Å². The van der Waals surface area contributed by atoms with Crippen LogP contribution in [0.4, 0.5) is 0 Å². The largest absolute Gasteiger partial charge is 0.143 e. The van der Waals surface area contributed by atoms with Crippen molar-refractivity contribution in [3.05, 3.63) is 46.2 Å². The minimum atomic E-state index is 1.23. The lowest BCUT2D eigenvalue weighted by Crippen LogP contribution is -1.87.